The number of esters is 1. The highest BCUT2D eigenvalue weighted by atomic mass is 32.1. The van der Waals surface area contributed by atoms with E-state index in [2.05, 4.69) is 27.0 Å². The average molecular weight is 420 g/mol. The first kappa shape index (κ1) is 21.4. The number of nitrogens with one attached hydrogen (secondary N) is 1. The molecule has 0 spiro atoms. The monoisotopic (exact) mass is 419 g/mol. The van der Waals surface area contributed by atoms with Crippen LogP contribution in [0.25, 0.3) is 10.2 Å². The molecule has 0 bridgehead atoms. The molecular formula is C20H29N5O3S. The Morgan fingerprint density at radius 1 is 1.21 bits per heavy atom. The van der Waals surface area contributed by atoms with Crippen molar-refractivity contribution < 1.29 is 14.3 Å². The summed E-state index contributed by atoms with van der Waals surface area (Å²) in [5.74, 6) is 1.27. The number of methoxy groups -OCH3 is 1. The number of ether oxygens (including phenoxy) is 1. The van der Waals surface area contributed by atoms with Gasteiger partial charge in [0.25, 0.3) is 0 Å². The molecule has 1 N–H and O–H groups in total. The molecule has 3 heterocycles. The first-order valence-electron chi connectivity index (χ1n) is 9.96. The summed E-state index contributed by atoms with van der Waals surface area (Å²) in [4.78, 5) is 39.3. The standard InChI is InChI=1S/C20H29N5O3S/c1-6-12(2)21-15(26)11-24-7-9-25(10-8-24)18-16-13(3)17(20(27)28-5)29-19(16)23-14(4)22-18/h12H,6-11H2,1-5H3,(H,21,26)/t12-/m0/s1. The minimum Gasteiger partial charge on any atom is -0.465 e. The number of hydrogen-bond donors (Lipinski definition) is 1. The van der Waals surface area contributed by atoms with Gasteiger partial charge in [-0.05, 0) is 32.8 Å². The molecule has 1 aliphatic heterocycles. The van der Waals surface area contributed by atoms with Gasteiger partial charge in [-0.15, -0.1) is 11.3 Å². The quantitative estimate of drug-likeness (QED) is 0.718. The molecule has 9 heteroatoms. The second-order valence-corrected chi connectivity index (χ2v) is 8.46. The molecule has 1 saturated heterocycles. The van der Waals surface area contributed by atoms with Gasteiger partial charge in [0.05, 0.1) is 19.0 Å². The van der Waals surface area contributed by atoms with Crippen LogP contribution in [0.1, 0.15) is 41.3 Å². The van der Waals surface area contributed by atoms with Gasteiger partial charge in [-0.2, -0.15) is 0 Å². The lowest BCUT2D eigenvalue weighted by atomic mass is 10.1. The van der Waals surface area contributed by atoms with Gasteiger partial charge < -0.3 is 15.0 Å². The van der Waals surface area contributed by atoms with E-state index in [1.165, 1.54) is 18.4 Å². The molecule has 0 radical (unpaired) electrons. The van der Waals surface area contributed by atoms with Crippen molar-refractivity contribution in [3.05, 3.63) is 16.3 Å². The topological polar surface area (TPSA) is 87.7 Å². The Kier molecular flexibility index (Phi) is 6.69. The van der Waals surface area contributed by atoms with Gasteiger partial charge in [-0.25, -0.2) is 14.8 Å². The van der Waals surface area contributed by atoms with Crippen LogP contribution in [0.3, 0.4) is 0 Å². The summed E-state index contributed by atoms with van der Waals surface area (Å²) in [6, 6.07) is 0.201. The van der Waals surface area contributed by atoms with Crippen LogP contribution in [-0.4, -0.2) is 72.6 Å². The number of aryl methyl sites for hydroxylation is 2. The van der Waals surface area contributed by atoms with Crippen LogP contribution in [0.2, 0.25) is 0 Å². The predicted molar refractivity (Wildman–Crippen MR) is 115 cm³/mol. The summed E-state index contributed by atoms with van der Waals surface area (Å²) >= 11 is 1.35. The Balaban J connectivity index is 1.76. The summed E-state index contributed by atoms with van der Waals surface area (Å²) in [7, 11) is 1.39. The molecule has 2 aromatic rings. The van der Waals surface area contributed by atoms with Gasteiger partial charge in [0.15, 0.2) is 0 Å². The van der Waals surface area contributed by atoms with E-state index in [0.29, 0.717) is 17.2 Å². The van der Waals surface area contributed by atoms with Crippen molar-refractivity contribution in [3.63, 3.8) is 0 Å². The number of hydrogen-bond acceptors (Lipinski definition) is 8. The van der Waals surface area contributed by atoms with E-state index in [1.807, 2.05) is 20.8 Å². The van der Waals surface area contributed by atoms with Gasteiger partial charge in [-0.1, -0.05) is 6.92 Å². The lowest BCUT2D eigenvalue weighted by Crippen LogP contribution is -2.50. The molecule has 158 valence electrons. The van der Waals surface area contributed by atoms with Crippen LogP contribution in [0.15, 0.2) is 0 Å². The van der Waals surface area contributed by atoms with E-state index in [9.17, 15) is 9.59 Å². The molecule has 0 unspecified atom stereocenters. The molecule has 29 heavy (non-hydrogen) atoms. The predicted octanol–water partition coefficient (Wildman–Crippen LogP) is 2.13. The highest BCUT2D eigenvalue weighted by Crippen LogP contribution is 2.36. The van der Waals surface area contributed by atoms with E-state index >= 15 is 0 Å². The van der Waals surface area contributed by atoms with Crippen molar-refractivity contribution in [1.29, 1.82) is 0 Å². The zero-order valence-electron chi connectivity index (χ0n) is 17.7. The van der Waals surface area contributed by atoms with Crippen LogP contribution in [0.4, 0.5) is 5.82 Å². The number of carbonyl (C=O) groups excluding carboxylic acids is 2. The Labute approximate surface area is 175 Å². The second-order valence-electron chi connectivity index (χ2n) is 7.46. The smallest absolute Gasteiger partial charge is 0.348 e. The van der Waals surface area contributed by atoms with Crippen molar-refractivity contribution in [3.8, 4) is 0 Å². The van der Waals surface area contributed by atoms with Gasteiger partial charge >= 0.3 is 5.97 Å². The zero-order valence-corrected chi connectivity index (χ0v) is 18.6. The molecule has 1 fully saturated rings. The molecule has 0 aliphatic carbocycles. The minimum atomic E-state index is -0.341. The second kappa shape index (κ2) is 9.04. The molecule has 2 aromatic heterocycles. The van der Waals surface area contributed by atoms with Crippen molar-refractivity contribution in [2.24, 2.45) is 0 Å². The molecule has 1 atom stereocenters. The summed E-state index contributed by atoms with van der Waals surface area (Å²) in [5.41, 5.74) is 0.863. The molecule has 0 aromatic carbocycles. The molecule has 8 nitrogen and oxygen atoms in total. The van der Waals surface area contributed by atoms with E-state index in [0.717, 1.165) is 54.2 Å². The highest BCUT2D eigenvalue weighted by Gasteiger charge is 2.26. The Hall–Kier alpha value is -2.26. The number of thiophene rings is 1. The van der Waals surface area contributed by atoms with E-state index in [1.54, 1.807) is 0 Å². The maximum Gasteiger partial charge on any atom is 0.348 e. The number of carbonyl (C=O) groups is 2. The van der Waals surface area contributed by atoms with Crippen molar-refractivity contribution in [2.45, 2.75) is 40.2 Å². The summed E-state index contributed by atoms with van der Waals surface area (Å²) in [5, 5.41) is 3.94. The number of nitrogens with zero attached hydrogens (tertiary/aromatic N) is 4. The Morgan fingerprint density at radius 2 is 1.90 bits per heavy atom. The first-order chi connectivity index (χ1) is 13.8. The van der Waals surface area contributed by atoms with Gasteiger partial charge in [0, 0.05) is 32.2 Å². The fourth-order valence-corrected chi connectivity index (χ4v) is 4.62. The number of anilines is 1. The number of rotatable bonds is 6. The first-order valence-corrected chi connectivity index (χ1v) is 10.8. The maximum atomic E-state index is 12.2. The molecule has 3 rings (SSSR count). The van der Waals surface area contributed by atoms with Crippen LogP contribution in [-0.2, 0) is 9.53 Å². The fraction of sp³-hybridized carbons (Fsp3) is 0.600. The van der Waals surface area contributed by atoms with Crippen LogP contribution in [0, 0.1) is 13.8 Å². The summed E-state index contributed by atoms with van der Waals surface area (Å²) in [6.45, 7) is 11.4. The van der Waals surface area contributed by atoms with E-state index < -0.39 is 0 Å². The SMILES string of the molecule is CC[C@H](C)NC(=O)CN1CCN(c2nc(C)nc3sc(C(=O)OC)c(C)c23)CC1. The van der Waals surface area contributed by atoms with Crippen LogP contribution in [0.5, 0.6) is 0 Å². The van der Waals surface area contributed by atoms with Gasteiger partial charge in [-0.3, -0.25) is 9.69 Å². The normalized spacial score (nSPS) is 16.1. The Bertz CT molecular complexity index is 905. The summed E-state index contributed by atoms with van der Waals surface area (Å²) < 4.78 is 4.91. The fourth-order valence-electron chi connectivity index (χ4n) is 3.48. The highest BCUT2D eigenvalue weighted by molar-refractivity contribution is 7.20. The molecule has 1 aliphatic rings. The molecule has 0 saturated carbocycles. The number of piperazine rings is 1. The van der Waals surface area contributed by atoms with Crippen molar-refractivity contribution >= 4 is 39.2 Å². The van der Waals surface area contributed by atoms with Gasteiger partial charge in [0.1, 0.15) is 21.3 Å². The zero-order chi connectivity index (χ0) is 21.1. The largest absolute Gasteiger partial charge is 0.465 e. The number of aromatic nitrogens is 2. The number of amides is 1. The van der Waals surface area contributed by atoms with Crippen LogP contribution < -0.4 is 10.2 Å². The third-order valence-corrected chi connectivity index (χ3v) is 6.48. The lowest BCUT2D eigenvalue weighted by Gasteiger charge is -2.35. The molecular weight excluding hydrogens is 390 g/mol. The van der Waals surface area contributed by atoms with Crippen LogP contribution >= 0.6 is 11.3 Å². The lowest BCUT2D eigenvalue weighted by molar-refractivity contribution is -0.122. The van der Waals surface area contributed by atoms with E-state index in [-0.39, 0.29) is 17.9 Å². The van der Waals surface area contributed by atoms with Crippen molar-refractivity contribution in [2.75, 3.05) is 44.7 Å². The average Bonchev–Trinajstić information content (AvgIpc) is 3.03. The maximum absolute atomic E-state index is 12.2. The third kappa shape index (κ3) is 4.67. The molecule has 1 amide bonds. The number of fused-ring (bicyclic) bond motifs is 1. The third-order valence-electron chi connectivity index (χ3n) is 5.31. The summed E-state index contributed by atoms with van der Waals surface area (Å²) in [6.07, 6.45) is 0.927. The Morgan fingerprint density at radius 3 is 2.52 bits per heavy atom. The minimum absolute atomic E-state index is 0.0736. The van der Waals surface area contributed by atoms with E-state index in [4.69, 9.17) is 9.72 Å². The van der Waals surface area contributed by atoms with Gasteiger partial charge in [0.2, 0.25) is 5.91 Å². The van der Waals surface area contributed by atoms with Crippen molar-refractivity contribution in [1.82, 2.24) is 20.2 Å².